The number of pyridine rings is 1. The van der Waals surface area contributed by atoms with Crippen LogP contribution in [0.1, 0.15) is 68.1 Å². The van der Waals surface area contributed by atoms with E-state index in [4.69, 9.17) is 23.2 Å². The summed E-state index contributed by atoms with van der Waals surface area (Å²) in [6.45, 7) is 0.552. The SMILES string of the molecule is O=C(NCC1(CC2CC2)CCC(S(=O)(=O)CC2CC2)CC1)c1ccc(Cl)nc1Cl. The van der Waals surface area contributed by atoms with Crippen LogP contribution in [0.3, 0.4) is 0 Å². The molecule has 1 amide bonds. The third kappa shape index (κ3) is 5.45. The van der Waals surface area contributed by atoms with Crippen molar-refractivity contribution in [1.29, 1.82) is 0 Å². The summed E-state index contributed by atoms with van der Waals surface area (Å²) < 4.78 is 25.4. The van der Waals surface area contributed by atoms with E-state index in [1.54, 1.807) is 12.1 Å². The molecule has 0 atom stereocenters. The predicted octanol–water partition coefficient (Wildman–Crippen LogP) is 4.67. The minimum absolute atomic E-state index is 0.0191. The maximum atomic E-state index is 12.7. The molecule has 0 aromatic carbocycles. The zero-order valence-corrected chi connectivity index (χ0v) is 18.8. The summed E-state index contributed by atoms with van der Waals surface area (Å²) in [7, 11) is -2.99. The molecule has 0 radical (unpaired) electrons. The van der Waals surface area contributed by atoms with E-state index in [9.17, 15) is 13.2 Å². The van der Waals surface area contributed by atoms with E-state index in [-0.39, 0.29) is 26.9 Å². The van der Waals surface area contributed by atoms with Gasteiger partial charge in [-0.1, -0.05) is 36.0 Å². The summed E-state index contributed by atoms with van der Waals surface area (Å²) in [5.74, 6) is 1.23. The first-order valence-electron chi connectivity index (χ1n) is 10.6. The second-order valence-corrected chi connectivity index (χ2v) is 12.3. The summed E-state index contributed by atoms with van der Waals surface area (Å²) in [6, 6.07) is 3.14. The molecule has 4 rings (SSSR count). The van der Waals surface area contributed by atoms with E-state index in [1.807, 2.05) is 0 Å². The summed E-state index contributed by atoms with van der Waals surface area (Å²) in [6.07, 6.45) is 8.79. The fourth-order valence-electron chi connectivity index (χ4n) is 4.64. The van der Waals surface area contributed by atoms with Crippen molar-refractivity contribution >= 4 is 38.9 Å². The Hall–Kier alpha value is -0.850. The monoisotopic (exact) mass is 458 g/mol. The van der Waals surface area contributed by atoms with Crippen molar-refractivity contribution < 1.29 is 13.2 Å². The first-order chi connectivity index (χ1) is 13.8. The number of nitrogens with zero attached hydrogens (tertiary/aromatic N) is 1. The van der Waals surface area contributed by atoms with Crippen molar-refractivity contribution in [3.8, 4) is 0 Å². The van der Waals surface area contributed by atoms with Gasteiger partial charge in [-0.05, 0) is 74.3 Å². The number of nitrogens with one attached hydrogen (secondary N) is 1. The number of aromatic nitrogens is 1. The lowest BCUT2D eigenvalue weighted by atomic mass is 9.70. The number of sulfone groups is 1. The van der Waals surface area contributed by atoms with E-state index in [1.165, 1.54) is 12.8 Å². The summed E-state index contributed by atoms with van der Waals surface area (Å²) >= 11 is 11.9. The molecule has 0 aliphatic heterocycles. The van der Waals surface area contributed by atoms with Gasteiger partial charge < -0.3 is 5.32 Å². The predicted molar refractivity (Wildman–Crippen MR) is 115 cm³/mol. The number of carbonyl (C=O) groups is 1. The Bertz CT molecular complexity index is 874. The Morgan fingerprint density at radius 1 is 1.07 bits per heavy atom. The average Bonchev–Trinajstić information content (AvgIpc) is 3.58. The number of amides is 1. The number of hydrogen-bond acceptors (Lipinski definition) is 4. The molecule has 5 nitrogen and oxygen atoms in total. The molecule has 3 fully saturated rings. The third-order valence-electron chi connectivity index (χ3n) is 6.77. The van der Waals surface area contributed by atoms with Gasteiger partial charge in [-0.3, -0.25) is 4.79 Å². The quantitative estimate of drug-likeness (QED) is 0.573. The van der Waals surface area contributed by atoms with Gasteiger partial charge in [-0.25, -0.2) is 13.4 Å². The maximum absolute atomic E-state index is 12.7. The molecular weight excluding hydrogens is 431 g/mol. The molecule has 1 aromatic heterocycles. The Morgan fingerprint density at radius 2 is 1.72 bits per heavy atom. The molecule has 0 bridgehead atoms. The van der Waals surface area contributed by atoms with Crippen LogP contribution in [0.15, 0.2) is 12.1 Å². The van der Waals surface area contributed by atoms with Crippen LogP contribution in [0.2, 0.25) is 10.3 Å². The highest BCUT2D eigenvalue weighted by molar-refractivity contribution is 7.92. The second-order valence-electron chi connectivity index (χ2n) is 9.27. The number of rotatable bonds is 8. The first kappa shape index (κ1) is 21.4. The molecule has 160 valence electrons. The molecule has 1 heterocycles. The van der Waals surface area contributed by atoms with Crippen LogP contribution in [0.5, 0.6) is 0 Å². The van der Waals surface area contributed by atoms with E-state index in [0.29, 0.717) is 42.5 Å². The highest BCUT2D eigenvalue weighted by atomic mass is 35.5. The molecule has 0 unspecified atom stereocenters. The maximum Gasteiger partial charge on any atom is 0.254 e. The second kappa shape index (κ2) is 8.35. The number of carbonyl (C=O) groups excluding carboxylic acids is 1. The van der Waals surface area contributed by atoms with Gasteiger partial charge in [0.05, 0.1) is 16.6 Å². The lowest BCUT2D eigenvalue weighted by molar-refractivity contribution is 0.0895. The smallest absolute Gasteiger partial charge is 0.254 e. The van der Waals surface area contributed by atoms with Crippen molar-refractivity contribution in [2.24, 2.45) is 17.3 Å². The topological polar surface area (TPSA) is 76.1 Å². The first-order valence-corrected chi connectivity index (χ1v) is 13.1. The summed E-state index contributed by atoms with van der Waals surface area (Å²) in [5, 5.41) is 3.19. The van der Waals surface area contributed by atoms with Gasteiger partial charge >= 0.3 is 0 Å². The molecule has 0 saturated heterocycles. The fraction of sp³-hybridized carbons (Fsp3) is 0.714. The average molecular weight is 459 g/mol. The van der Waals surface area contributed by atoms with Gasteiger partial charge in [-0.15, -0.1) is 0 Å². The Kier molecular flexibility index (Phi) is 6.16. The van der Waals surface area contributed by atoms with E-state index in [2.05, 4.69) is 10.3 Å². The number of hydrogen-bond donors (Lipinski definition) is 1. The zero-order chi connectivity index (χ0) is 20.6. The van der Waals surface area contributed by atoms with Gasteiger partial charge in [0.15, 0.2) is 9.84 Å². The summed E-state index contributed by atoms with van der Waals surface area (Å²) in [5.41, 5.74) is 0.299. The van der Waals surface area contributed by atoms with E-state index >= 15 is 0 Å². The van der Waals surface area contributed by atoms with Crippen molar-refractivity contribution in [3.05, 3.63) is 28.0 Å². The van der Waals surface area contributed by atoms with Crippen LogP contribution >= 0.6 is 23.2 Å². The van der Waals surface area contributed by atoms with Crippen molar-refractivity contribution in [2.75, 3.05) is 12.3 Å². The van der Waals surface area contributed by atoms with Crippen LogP contribution in [0.25, 0.3) is 0 Å². The van der Waals surface area contributed by atoms with Gasteiger partial charge in [0, 0.05) is 6.54 Å². The van der Waals surface area contributed by atoms with Crippen LogP contribution < -0.4 is 5.32 Å². The minimum Gasteiger partial charge on any atom is -0.351 e. The van der Waals surface area contributed by atoms with E-state index in [0.717, 1.165) is 32.1 Å². The highest BCUT2D eigenvalue weighted by Crippen LogP contribution is 2.48. The number of halogens is 2. The molecule has 3 aliphatic carbocycles. The lowest BCUT2D eigenvalue weighted by Crippen LogP contribution is -2.43. The van der Waals surface area contributed by atoms with Crippen molar-refractivity contribution in [3.63, 3.8) is 0 Å². The molecule has 3 aliphatic rings. The van der Waals surface area contributed by atoms with Crippen LogP contribution in [-0.2, 0) is 9.84 Å². The Morgan fingerprint density at radius 3 is 2.31 bits per heavy atom. The molecule has 3 saturated carbocycles. The fourth-order valence-corrected chi connectivity index (χ4v) is 7.29. The summed E-state index contributed by atoms with van der Waals surface area (Å²) in [4.78, 5) is 16.6. The van der Waals surface area contributed by atoms with Crippen molar-refractivity contribution in [1.82, 2.24) is 10.3 Å². The van der Waals surface area contributed by atoms with Gasteiger partial charge in [0.2, 0.25) is 0 Å². The zero-order valence-electron chi connectivity index (χ0n) is 16.5. The van der Waals surface area contributed by atoms with Crippen molar-refractivity contribution in [2.45, 2.75) is 63.0 Å². The highest BCUT2D eigenvalue weighted by Gasteiger charge is 2.43. The standard InChI is InChI=1S/C21H28Cl2N2O3S/c22-18-6-5-17(19(23)25-18)20(26)24-13-21(11-14-1-2-14)9-7-16(8-10-21)29(27,28)12-15-3-4-15/h5-6,14-16H,1-4,7-13H2,(H,24,26). The van der Waals surface area contributed by atoms with Gasteiger partial charge in [0.1, 0.15) is 10.3 Å². The lowest BCUT2D eigenvalue weighted by Gasteiger charge is -2.40. The molecular formula is C21H28Cl2N2O3S. The molecule has 8 heteroatoms. The van der Waals surface area contributed by atoms with E-state index < -0.39 is 9.84 Å². The largest absolute Gasteiger partial charge is 0.351 e. The minimum atomic E-state index is -2.99. The third-order valence-corrected chi connectivity index (χ3v) is 9.69. The molecule has 1 N–H and O–H groups in total. The van der Waals surface area contributed by atoms with Crippen LogP contribution in [0.4, 0.5) is 0 Å². The normalized spacial score (nSPS) is 27.6. The van der Waals surface area contributed by atoms with Crippen LogP contribution in [-0.4, -0.2) is 36.9 Å². The molecule has 0 spiro atoms. The molecule has 29 heavy (non-hydrogen) atoms. The van der Waals surface area contributed by atoms with Crippen LogP contribution in [0, 0.1) is 17.3 Å². The van der Waals surface area contributed by atoms with Gasteiger partial charge in [-0.2, -0.15) is 0 Å². The molecule has 1 aromatic rings. The Labute approximate surface area is 182 Å². The Balaban J connectivity index is 1.39. The van der Waals surface area contributed by atoms with Gasteiger partial charge in [0.25, 0.3) is 5.91 Å².